The first-order valence-electron chi connectivity index (χ1n) is 8.09. The van der Waals surface area contributed by atoms with E-state index in [1.807, 2.05) is 4.90 Å². The van der Waals surface area contributed by atoms with Crippen molar-refractivity contribution in [2.24, 2.45) is 5.92 Å². The summed E-state index contributed by atoms with van der Waals surface area (Å²) in [5.74, 6) is 0.926. The quantitative estimate of drug-likeness (QED) is 0.843. The molecule has 128 valence electrons. The molecule has 0 amide bonds. The molecule has 4 nitrogen and oxygen atoms in total. The van der Waals surface area contributed by atoms with Gasteiger partial charge in [-0.05, 0) is 30.9 Å². The fourth-order valence-electron chi connectivity index (χ4n) is 2.98. The van der Waals surface area contributed by atoms with E-state index in [0.29, 0.717) is 17.3 Å². The Morgan fingerprint density at radius 1 is 1.21 bits per heavy atom. The number of aromatic nitrogens is 3. The zero-order valence-electron chi connectivity index (χ0n) is 13.4. The molecule has 1 unspecified atom stereocenters. The average molecular weight is 336 g/mol. The minimum Gasteiger partial charge on any atom is -0.356 e. The first kappa shape index (κ1) is 16.7. The number of halogens is 3. The minimum atomic E-state index is -4.50. The lowest BCUT2D eigenvalue weighted by Gasteiger charge is -2.33. The Labute approximate surface area is 138 Å². The number of hydrogen-bond acceptors (Lipinski definition) is 4. The van der Waals surface area contributed by atoms with Gasteiger partial charge in [-0.25, -0.2) is 9.97 Å². The number of rotatable bonds is 3. The molecule has 3 rings (SSSR count). The van der Waals surface area contributed by atoms with Gasteiger partial charge in [0.2, 0.25) is 0 Å². The Balaban J connectivity index is 2.02. The fourth-order valence-corrected chi connectivity index (χ4v) is 2.98. The van der Waals surface area contributed by atoms with Crippen molar-refractivity contribution >= 4 is 5.82 Å². The molecule has 0 aliphatic carbocycles. The summed E-state index contributed by atoms with van der Waals surface area (Å²) in [5, 5.41) is 0. The van der Waals surface area contributed by atoms with Crippen molar-refractivity contribution in [2.75, 3.05) is 18.0 Å². The highest BCUT2D eigenvalue weighted by molar-refractivity contribution is 5.57. The number of anilines is 1. The predicted molar refractivity (Wildman–Crippen MR) is 85.5 cm³/mol. The van der Waals surface area contributed by atoms with Crippen molar-refractivity contribution in [2.45, 2.75) is 32.4 Å². The van der Waals surface area contributed by atoms with Crippen LogP contribution in [0.4, 0.5) is 19.0 Å². The summed E-state index contributed by atoms with van der Waals surface area (Å²) >= 11 is 0. The van der Waals surface area contributed by atoms with E-state index in [1.54, 1.807) is 12.1 Å². The van der Waals surface area contributed by atoms with Crippen LogP contribution in [-0.4, -0.2) is 28.0 Å². The predicted octanol–water partition coefficient (Wildman–Crippen LogP) is 4.18. The van der Waals surface area contributed by atoms with E-state index in [1.165, 1.54) is 12.4 Å². The van der Waals surface area contributed by atoms with E-state index in [0.717, 1.165) is 38.4 Å². The van der Waals surface area contributed by atoms with Crippen LogP contribution in [0.2, 0.25) is 0 Å². The molecule has 0 radical (unpaired) electrons. The van der Waals surface area contributed by atoms with Gasteiger partial charge in [0.15, 0.2) is 11.5 Å². The Kier molecular flexibility index (Phi) is 4.69. The van der Waals surface area contributed by atoms with E-state index in [2.05, 4.69) is 21.9 Å². The molecule has 1 saturated heterocycles. The largest absolute Gasteiger partial charge is 0.433 e. The maximum absolute atomic E-state index is 13.3. The van der Waals surface area contributed by atoms with Crippen LogP contribution in [0.1, 0.15) is 31.9 Å². The van der Waals surface area contributed by atoms with E-state index in [9.17, 15) is 13.2 Å². The van der Waals surface area contributed by atoms with Crippen molar-refractivity contribution < 1.29 is 13.2 Å². The van der Waals surface area contributed by atoms with Crippen LogP contribution in [0.3, 0.4) is 0 Å². The molecule has 2 aromatic rings. The molecule has 0 N–H and O–H groups in total. The van der Waals surface area contributed by atoms with Crippen LogP contribution in [0.15, 0.2) is 30.6 Å². The van der Waals surface area contributed by atoms with Crippen molar-refractivity contribution in [1.82, 2.24) is 15.0 Å². The normalized spacial score (nSPS) is 18.7. The summed E-state index contributed by atoms with van der Waals surface area (Å²) in [4.78, 5) is 13.9. The molecule has 0 bridgehead atoms. The maximum Gasteiger partial charge on any atom is 0.433 e. The summed E-state index contributed by atoms with van der Waals surface area (Å²) in [6.07, 6.45) is 1.64. The molecule has 1 aliphatic rings. The van der Waals surface area contributed by atoms with Crippen molar-refractivity contribution in [3.05, 3.63) is 36.3 Å². The van der Waals surface area contributed by atoms with Gasteiger partial charge in [-0.2, -0.15) is 13.2 Å². The third-order valence-corrected chi connectivity index (χ3v) is 4.36. The minimum absolute atomic E-state index is 0.0841. The highest BCUT2D eigenvalue weighted by Crippen LogP contribution is 2.33. The SMILES string of the molecule is CCC1CCCN(c2cc(C(F)(F)F)nc(-c3ccncc3)n2)C1. The third kappa shape index (κ3) is 3.66. The van der Waals surface area contributed by atoms with Crippen molar-refractivity contribution in [1.29, 1.82) is 0 Å². The van der Waals surface area contributed by atoms with E-state index in [-0.39, 0.29) is 5.82 Å². The van der Waals surface area contributed by atoms with Gasteiger partial charge < -0.3 is 4.90 Å². The lowest BCUT2D eigenvalue weighted by molar-refractivity contribution is -0.141. The van der Waals surface area contributed by atoms with E-state index >= 15 is 0 Å². The van der Waals surface area contributed by atoms with Crippen LogP contribution in [-0.2, 0) is 6.18 Å². The molecule has 7 heteroatoms. The molecule has 0 saturated carbocycles. The summed E-state index contributed by atoms with van der Waals surface area (Å²) < 4.78 is 39.8. The highest BCUT2D eigenvalue weighted by atomic mass is 19.4. The van der Waals surface area contributed by atoms with Crippen LogP contribution >= 0.6 is 0 Å². The molecule has 2 aromatic heterocycles. The molecule has 1 aliphatic heterocycles. The van der Waals surface area contributed by atoms with Gasteiger partial charge in [-0.1, -0.05) is 13.3 Å². The van der Waals surface area contributed by atoms with Gasteiger partial charge >= 0.3 is 6.18 Å². The van der Waals surface area contributed by atoms with Gasteiger partial charge in [0.05, 0.1) is 0 Å². The second-order valence-electron chi connectivity index (χ2n) is 6.03. The van der Waals surface area contributed by atoms with Gasteiger partial charge in [0.25, 0.3) is 0 Å². The zero-order valence-corrected chi connectivity index (χ0v) is 13.4. The summed E-state index contributed by atoms with van der Waals surface area (Å²) in [5.41, 5.74) is -0.376. The summed E-state index contributed by atoms with van der Waals surface area (Å²) in [7, 11) is 0. The molecular weight excluding hydrogens is 317 g/mol. The number of alkyl halides is 3. The summed E-state index contributed by atoms with van der Waals surface area (Å²) in [6, 6.07) is 4.29. The monoisotopic (exact) mass is 336 g/mol. The maximum atomic E-state index is 13.3. The van der Waals surface area contributed by atoms with E-state index in [4.69, 9.17) is 0 Å². The third-order valence-electron chi connectivity index (χ3n) is 4.36. The number of piperidine rings is 1. The molecule has 0 aromatic carbocycles. The fraction of sp³-hybridized carbons (Fsp3) is 0.471. The number of hydrogen-bond donors (Lipinski definition) is 0. The zero-order chi connectivity index (χ0) is 17.2. The standard InChI is InChI=1S/C17H19F3N4/c1-2-12-4-3-9-24(11-12)15-10-14(17(18,19)20)22-16(23-15)13-5-7-21-8-6-13/h5-8,10,12H,2-4,9,11H2,1H3. The molecule has 3 heterocycles. The Morgan fingerprint density at radius 3 is 2.62 bits per heavy atom. The molecule has 0 spiro atoms. The second-order valence-corrected chi connectivity index (χ2v) is 6.03. The molecule has 1 fully saturated rings. The molecule has 1 atom stereocenters. The topological polar surface area (TPSA) is 41.9 Å². The van der Waals surface area contributed by atoms with Crippen molar-refractivity contribution in [3.63, 3.8) is 0 Å². The van der Waals surface area contributed by atoms with Crippen LogP contribution in [0, 0.1) is 5.92 Å². The summed E-state index contributed by atoms with van der Waals surface area (Å²) in [6.45, 7) is 3.57. The van der Waals surface area contributed by atoms with E-state index < -0.39 is 11.9 Å². The van der Waals surface area contributed by atoms with Crippen LogP contribution in [0.5, 0.6) is 0 Å². The van der Waals surface area contributed by atoms with Gasteiger partial charge in [0.1, 0.15) is 5.82 Å². The second kappa shape index (κ2) is 6.75. The van der Waals surface area contributed by atoms with Gasteiger partial charge in [-0.15, -0.1) is 0 Å². The first-order valence-corrected chi connectivity index (χ1v) is 8.09. The van der Waals surface area contributed by atoms with Crippen LogP contribution < -0.4 is 4.90 Å². The Hall–Kier alpha value is -2.18. The Bertz CT molecular complexity index is 688. The Morgan fingerprint density at radius 2 is 1.96 bits per heavy atom. The smallest absolute Gasteiger partial charge is 0.356 e. The molecular formula is C17H19F3N4. The van der Waals surface area contributed by atoms with Crippen molar-refractivity contribution in [3.8, 4) is 11.4 Å². The molecule has 24 heavy (non-hydrogen) atoms. The van der Waals surface area contributed by atoms with Gasteiger partial charge in [-0.3, -0.25) is 4.98 Å². The number of pyridine rings is 1. The van der Waals surface area contributed by atoms with Crippen LogP contribution in [0.25, 0.3) is 11.4 Å². The highest BCUT2D eigenvalue weighted by Gasteiger charge is 2.34. The first-order chi connectivity index (χ1) is 11.5. The average Bonchev–Trinajstić information content (AvgIpc) is 2.61. The number of nitrogens with zero attached hydrogens (tertiary/aromatic N) is 4. The lowest BCUT2D eigenvalue weighted by Crippen LogP contribution is -2.36. The lowest BCUT2D eigenvalue weighted by atomic mass is 9.96. The van der Waals surface area contributed by atoms with Gasteiger partial charge in [0, 0.05) is 37.1 Å².